The fraction of sp³-hybridized carbons (Fsp3) is 0.467. The van der Waals surface area contributed by atoms with Crippen LogP contribution in [-0.2, 0) is 9.59 Å². The quantitative estimate of drug-likeness (QED) is 0.620. The Bertz CT molecular complexity index is 505. The van der Waals surface area contributed by atoms with Crippen molar-refractivity contribution < 1.29 is 19.4 Å². The molecule has 1 aromatic rings. The van der Waals surface area contributed by atoms with Crippen LogP contribution in [0.15, 0.2) is 24.3 Å². The number of ether oxygens (including phenoxy) is 1. The van der Waals surface area contributed by atoms with Gasteiger partial charge in [-0.1, -0.05) is 12.1 Å². The molecule has 1 amide bonds. The standard InChI is InChI=1S/C15H23N3O4/c1-18(2)9-8-16-12(15(20)21)10-14(19)17-11-6-4-5-7-13(11)22-3/h4-7,12,16H,8-10H2,1-3H3,(H,17,19)(H,20,21)/t12-/m0/s1. The number of amides is 1. The monoisotopic (exact) mass is 309 g/mol. The molecule has 0 aliphatic carbocycles. The lowest BCUT2D eigenvalue weighted by molar-refractivity contribution is -0.141. The number of benzene rings is 1. The Balaban J connectivity index is 2.58. The molecule has 1 aromatic carbocycles. The Morgan fingerprint density at radius 2 is 2.00 bits per heavy atom. The largest absolute Gasteiger partial charge is 0.495 e. The van der Waals surface area contributed by atoms with E-state index in [9.17, 15) is 14.7 Å². The van der Waals surface area contributed by atoms with Crippen molar-refractivity contribution in [1.29, 1.82) is 0 Å². The number of nitrogens with one attached hydrogen (secondary N) is 2. The topological polar surface area (TPSA) is 90.9 Å². The van der Waals surface area contributed by atoms with E-state index in [1.54, 1.807) is 24.3 Å². The molecule has 0 saturated carbocycles. The van der Waals surface area contributed by atoms with E-state index in [1.165, 1.54) is 7.11 Å². The third-order valence-corrected chi connectivity index (χ3v) is 3.02. The number of anilines is 1. The lowest BCUT2D eigenvalue weighted by Gasteiger charge is -2.17. The fourth-order valence-electron chi connectivity index (χ4n) is 1.84. The first-order chi connectivity index (χ1) is 10.4. The number of carboxylic acid groups (broad SMARTS) is 1. The average molecular weight is 309 g/mol. The molecular formula is C15H23N3O4. The summed E-state index contributed by atoms with van der Waals surface area (Å²) in [6.45, 7) is 1.18. The fourth-order valence-corrected chi connectivity index (χ4v) is 1.84. The number of hydrogen-bond donors (Lipinski definition) is 3. The Morgan fingerprint density at radius 3 is 2.59 bits per heavy atom. The molecule has 0 aliphatic heterocycles. The molecular weight excluding hydrogens is 286 g/mol. The Labute approximate surface area is 130 Å². The number of methoxy groups -OCH3 is 1. The van der Waals surface area contributed by atoms with Crippen molar-refractivity contribution in [2.24, 2.45) is 0 Å². The van der Waals surface area contributed by atoms with Crippen LogP contribution in [0.2, 0.25) is 0 Å². The maximum absolute atomic E-state index is 12.0. The van der Waals surface area contributed by atoms with Crippen molar-refractivity contribution in [3.63, 3.8) is 0 Å². The molecule has 1 atom stereocenters. The summed E-state index contributed by atoms with van der Waals surface area (Å²) in [6.07, 6.45) is -0.152. The number of likely N-dealkylation sites (N-methyl/N-ethyl adjacent to an activating group) is 1. The van der Waals surface area contributed by atoms with E-state index in [0.29, 0.717) is 24.5 Å². The lowest BCUT2D eigenvalue weighted by atomic mass is 10.2. The zero-order chi connectivity index (χ0) is 16.5. The minimum Gasteiger partial charge on any atom is -0.495 e. The normalized spacial score (nSPS) is 12.0. The number of carboxylic acids is 1. The molecule has 0 heterocycles. The van der Waals surface area contributed by atoms with Crippen LogP contribution in [0.5, 0.6) is 5.75 Å². The van der Waals surface area contributed by atoms with Crippen LogP contribution in [0.25, 0.3) is 0 Å². The Hall–Kier alpha value is -2.12. The summed E-state index contributed by atoms with van der Waals surface area (Å²) in [4.78, 5) is 25.1. The van der Waals surface area contributed by atoms with Gasteiger partial charge >= 0.3 is 5.97 Å². The molecule has 0 aliphatic rings. The summed E-state index contributed by atoms with van der Waals surface area (Å²) in [6, 6.07) is 6.06. The molecule has 7 nitrogen and oxygen atoms in total. The second kappa shape index (κ2) is 9.01. The average Bonchev–Trinajstić information content (AvgIpc) is 2.46. The van der Waals surface area contributed by atoms with E-state index in [0.717, 1.165) is 0 Å². The number of carbonyl (C=O) groups excluding carboxylic acids is 1. The summed E-state index contributed by atoms with van der Waals surface area (Å²) >= 11 is 0. The SMILES string of the molecule is COc1ccccc1NC(=O)C[C@H](NCCN(C)C)C(=O)O. The number of carbonyl (C=O) groups is 2. The molecule has 0 bridgehead atoms. The zero-order valence-electron chi connectivity index (χ0n) is 13.1. The molecule has 0 aromatic heterocycles. The molecule has 0 fully saturated rings. The number of nitrogens with zero attached hydrogens (tertiary/aromatic N) is 1. The molecule has 1 rings (SSSR count). The molecule has 0 radical (unpaired) electrons. The third-order valence-electron chi connectivity index (χ3n) is 3.02. The third kappa shape index (κ3) is 6.11. The van der Waals surface area contributed by atoms with Gasteiger partial charge in [-0.05, 0) is 26.2 Å². The van der Waals surface area contributed by atoms with Gasteiger partial charge in [-0.3, -0.25) is 9.59 Å². The second-order valence-electron chi connectivity index (χ2n) is 5.10. The number of hydrogen-bond acceptors (Lipinski definition) is 5. The van der Waals surface area contributed by atoms with Crippen LogP contribution in [0, 0.1) is 0 Å². The highest BCUT2D eigenvalue weighted by molar-refractivity contribution is 5.95. The Kier molecular flexibility index (Phi) is 7.34. The highest BCUT2D eigenvalue weighted by atomic mass is 16.5. The molecule has 0 saturated heterocycles. The number of rotatable bonds is 9. The van der Waals surface area contributed by atoms with Gasteiger partial charge in [0.25, 0.3) is 0 Å². The molecule has 122 valence electrons. The summed E-state index contributed by atoms with van der Waals surface area (Å²) in [7, 11) is 5.30. The van der Waals surface area contributed by atoms with E-state index in [-0.39, 0.29) is 12.3 Å². The summed E-state index contributed by atoms with van der Waals surface area (Å²) in [5, 5.41) is 14.7. The van der Waals surface area contributed by atoms with E-state index < -0.39 is 12.0 Å². The highest BCUT2D eigenvalue weighted by Gasteiger charge is 2.21. The van der Waals surface area contributed by atoms with Gasteiger partial charge in [-0.25, -0.2) is 0 Å². The van der Waals surface area contributed by atoms with E-state index in [1.807, 2.05) is 19.0 Å². The number of aliphatic carboxylic acids is 1. The van der Waals surface area contributed by atoms with Crippen molar-refractivity contribution in [1.82, 2.24) is 10.2 Å². The molecule has 22 heavy (non-hydrogen) atoms. The predicted octanol–water partition coefficient (Wildman–Crippen LogP) is 0.628. The van der Waals surface area contributed by atoms with Crippen LogP contribution in [-0.4, -0.2) is 62.2 Å². The molecule has 0 unspecified atom stereocenters. The summed E-state index contributed by atoms with van der Waals surface area (Å²) in [5.74, 6) is -0.897. The molecule has 3 N–H and O–H groups in total. The Morgan fingerprint density at radius 1 is 1.32 bits per heavy atom. The van der Waals surface area contributed by atoms with Gasteiger partial charge in [0, 0.05) is 13.1 Å². The van der Waals surface area contributed by atoms with Crippen molar-refractivity contribution in [3.8, 4) is 5.75 Å². The molecule has 7 heteroatoms. The van der Waals surface area contributed by atoms with Gasteiger partial charge in [-0.2, -0.15) is 0 Å². The molecule has 0 spiro atoms. The highest BCUT2D eigenvalue weighted by Crippen LogP contribution is 2.23. The van der Waals surface area contributed by atoms with Gasteiger partial charge < -0.3 is 25.4 Å². The first-order valence-electron chi connectivity index (χ1n) is 6.97. The minimum atomic E-state index is -1.05. The predicted molar refractivity (Wildman–Crippen MR) is 84.2 cm³/mol. The van der Waals surface area contributed by atoms with Gasteiger partial charge in [0.2, 0.25) is 5.91 Å². The van der Waals surface area contributed by atoms with Gasteiger partial charge in [-0.15, -0.1) is 0 Å². The van der Waals surface area contributed by atoms with Crippen molar-refractivity contribution in [2.75, 3.05) is 39.6 Å². The van der Waals surface area contributed by atoms with Gasteiger partial charge in [0.1, 0.15) is 11.8 Å². The first kappa shape index (κ1) is 17.9. The van der Waals surface area contributed by atoms with Crippen LogP contribution in [0.4, 0.5) is 5.69 Å². The zero-order valence-corrected chi connectivity index (χ0v) is 13.1. The van der Waals surface area contributed by atoms with Crippen molar-refractivity contribution in [2.45, 2.75) is 12.5 Å². The first-order valence-corrected chi connectivity index (χ1v) is 6.97. The summed E-state index contributed by atoms with van der Waals surface area (Å²) in [5.41, 5.74) is 0.521. The van der Waals surface area contributed by atoms with Crippen LogP contribution >= 0.6 is 0 Å². The van der Waals surface area contributed by atoms with E-state index in [4.69, 9.17) is 4.74 Å². The lowest BCUT2D eigenvalue weighted by Crippen LogP contribution is -2.42. The van der Waals surface area contributed by atoms with Crippen LogP contribution in [0.3, 0.4) is 0 Å². The smallest absolute Gasteiger partial charge is 0.321 e. The van der Waals surface area contributed by atoms with Crippen LogP contribution in [0.1, 0.15) is 6.42 Å². The maximum atomic E-state index is 12.0. The van der Waals surface area contributed by atoms with Gasteiger partial charge in [0.05, 0.1) is 19.2 Å². The van der Waals surface area contributed by atoms with E-state index >= 15 is 0 Å². The second-order valence-corrected chi connectivity index (χ2v) is 5.10. The minimum absolute atomic E-state index is 0.152. The number of para-hydroxylation sites is 2. The summed E-state index contributed by atoms with van der Waals surface area (Å²) < 4.78 is 5.14. The van der Waals surface area contributed by atoms with Gasteiger partial charge in [0.15, 0.2) is 0 Å². The van der Waals surface area contributed by atoms with Crippen molar-refractivity contribution >= 4 is 17.6 Å². The van der Waals surface area contributed by atoms with Crippen LogP contribution < -0.4 is 15.4 Å². The van der Waals surface area contributed by atoms with Crippen molar-refractivity contribution in [3.05, 3.63) is 24.3 Å². The van der Waals surface area contributed by atoms with E-state index in [2.05, 4.69) is 10.6 Å². The maximum Gasteiger partial charge on any atom is 0.321 e.